The molecule has 1 aliphatic heterocycles. The van der Waals surface area contributed by atoms with Crippen LogP contribution in [0.25, 0.3) is 0 Å². The number of anilines is 1. The van der Waals surface area contributed by atoms with Gasteiger partial charge in [0.1, 0.15) is 11.9 Å². The molecule has 0 bridgehead atoms. The summed E-state index contributed by atoms with van der Waals surface area (Å²) in [5.74, 6) is -1.72. The lowest BCUT2D eigenvalue weighted by atomic mass is 9.94. The predicted octanol–water partition coefficient (Wildman–Crippen LogP) is 2.01. The maximum absolute atomic E-state index is 12.9. The molecule has 1 fully saturated rings. The second kappa shape index (κ2) is 6.36. The van der Waals surface area contributed by atoms with Gasteiger partial charge < -0.3 is 10.4 Å². The molecule has 0 spiro atoms. The molecule has 1 saturated heterocycles. The Morgan fingerprint density at radius 1 is 1.48 bits per heavy atom. The smallest absolute Gasteiger partial charge is 0.412 e. The zero-order valence-corrected chi connectivity index (χ0v) is 11.7. The van der Waals surface area contributed by atoms with Crippen LogP contribution in [-0.4, -0.2) is 46.4 Å². The van der Waals surface area contributed by atoms with Gasteiger partial charge in [-0.1, -0.05) is 0 Å². The van der Waals surface area contributed by atoms with Gasteiger partial charge in [0.05, 0.1) is 16.9 Å². The molecule has 126 valence electrons. The molecular formula is C12H13F3N4O4. The molecule has 0 aromatic carbocycles. The van der Waals surface area contributed by atoms with E-state index in [0.717, 1.165) is 18.5 Å². The molecule has 2 heterocycles. The van der Waals surface area contributed by atoms with E-state index in [2.05, 4.69) is 10.3 Å². The van der Waals surface area contributed by atoms with Crippen LogP contribution in [0.1, 0.15) is 6.42 Å². The molecule has 0 saturated carbocycles. The van der Waals surface area contributed by atoms with Gasteiger partial charge in [0, 0.05) is 19.3 Å². The lowest BCUT2D eigenvalue weighted by molar-refractivity contribution is -0.384. The standard InChI is InChI=1S/C12H13F3N4O4/c13-12(14,15)7-3-8(5-17-4-7)18(11(20)21)9-1-2-16-6-10(9)19(22)23/h1-2,6-8,17H,3-5H2,(H,20,21). The van der Waals surface area contributed by atoms with Crippen LogP contribution < -0.4 is 10.2 Å². The predicted molar refractivity (Wildman–Crippen MR) is 72.2 cm³/mol. The Labute approximate surface area is 128 Å². The summed E-state index contributed by atoms with van der Waals surface area (Å²) in [6, 6.07) is 0.0256. The Morgan fingerprint density at radius 3 is 2.74 bits per heavy atom. The fraction of sp³-hybridized carbons (Fsp3) is 0.500. The first-order chi connectivity index (χ1) is 10.7. The van der Waals surface area contributed by atoms with Crippen LogP contribution in [0.2, 0.25) is 0 Å². The highest BCUT2D eigenvalue weighted by Crippen LogP contribution is 2.35. The van der Waals surface area contributed by atoms with Crippen molar-refractivity contribution >= 4 is 17.5 Å². The molecule has 0 aliphatic carbocycles. The van der Waals surface area contributed by atoms with E-state index in [-0.39, 0.29) is 18.8 Å². The number of pyridine rings is 1. The minimum absolute atomic E-state index is 0.0294. The summed E-state index contributed by atoms with van der Waals surface area (Å²) < 4.78 is 38.6. The van der Waals surface area contributed by atoms with Gasteiger partial charge in [0.15, 0.2) is 0 Å². The van der Waals surface area contributed by atoms with Crippen molar-refractivity contribution in [3.05, 3.63) is 28.6 Å². The highest BCUT2D eigenvalue weighted by Gasteiger charge is 2.45. The Bertz CT molecular complexity index is 610. The third-order valence-corrected chi connectivity index (χ3v) is 3.60. The summed E-state index contributed by atoms with van der Waals surface area (Å²) in [6.07, 6.45) is -4.49. The number of rotatable bonds is 3. The van der Waals surface area contributed by atoms with E-state index >= 15 is 0 Å². The largest absolute Gasteiger partial charge is 0.465 e. The highest BCUT2D eigenvalue weighted by atomic mass is 19.4. The minimum atomic E-state index is -4.47. The first kappa shape index (κ1) is 16.9. The van der Waals surface area contributed by atoms with E-state index in [9.17, 15) is 33.2 Å². The Morgan fingerprint density at radius 2 is 2.17 bits per heavy atom. The third kappa shape index (κ3) is 3.67. The topological polar surface area (TPSA) is 109 Å². The number of nitro groups is 1. The summed E-state index contributed by atoms with van der Waals surface area (Å²) in [7, 11) is 0. The summed E-state index contributed by atoms with van der Waals surface area (Å²) in [4.78, 5) is 25.8. The van der Waals surface area contributed by atoms with Gasteiger partial charge >= 0.3 is 18.0 Å². The number of carboxylic acid groups (broad SMARTS) is 1. The van der Waals surface area contributed by atoms with Gasteiger partial charge in [-0.2, -0.15) is 13.2 Å². The number of halogens is 3. The number of alkyl halides is 3. The molecule has 23 heavy (non-hydrogen) atoms. The van der Waals surface area contributed by atoms with Gasteiger partial charge in [-0.25, -0.2) is 4.79 Å². The van der Waals surface area contributed by atoms with Crippen molar-refractivity contribution < 1.29 is 28.0 Å². The van der Waals surface area contributed by atoms with E-state index < -0.39 is 41.3 Å². The number of carbonyl (C=O) groups is 1. The second-order valence-electron chi connectivity index (χ2n) is 5.06. The second-order valence-corrected chi connectivity index (χ2v) is 5.06. The molecule has 2 atom stereocenters. The number of nitrogens with zero attached hydrogens (tertiary/aromatic N) is 3. The van der Waals surface area contributed by atoms with Gasteiger partial charge in [-0.15, -0.1) is 0 Å². The van der Waals surface area contributed by atoms with Crippen molar-refractivity contribution in [1.29, 1.82) is 0 Å². The Hall–Kier alpha value is -2.43. The van der Waals surface area contributed by atoms with Crippen molar-refractivity contribution in [2.45, 2.75) is 18.6 Å². The van der Waals surface area contributed by atoms with E-state index in [1.807, 2.05) is 0 Å². The van der Waals surface area contributed by atoms with Crippen molar-refractivity contribution in [3.8, 4) is 0 Å². The van der Waals surface area contributed by atoms with Gasteiger partial charge in [-0.3, -0.25) is 20.0 Å². The first-order valence-electron chi connectivity index (χ1n) is 6.59. The zero-order valence-electron chi connectivity index (χ0n) is 11.7. The average molecular weight is 334 g/mol. The maximum Gasteiger partial charge on any atom is 0.412 e. The van der Waals surface area contributed by atoms with Crippen LogP contribution in [0.5, 0.6) is 0 Å². The molecule has 2 unspecified atom stereocenters. The molecule has 1 aromatic rings. The summed E-state index contributed by atoms with van der Waals surface area (Å²) >= 11 is 0. The van der Waals surface area contributed by atoms with Crippen LogP contribution >= 0.6 is 0 Å². The number of amides is 1. The molecule has 1 aromatic heterocycles. The fourth-order valence-corrected chi connectivity index (χ4v) is 2.54. The molecule has 8 nitrogen and oxygen atoms in total. The van der Waals surface area contributed by atoms with E-state index in [4.69, 9.17) is 0 Å². The lowest BCUT2D eigenvalue weighted by Gasteiger charge is -2.36. The summed E-state index contributed by atoms with van der Waals surface area (Å²) in [6.45, 7) is -0.343. The third-order valence-electron chi connectivity index (χ3n) is 3.60. The van der Waals surface area contributed by atoms with Crippen LogP contribution in [0, 0.1) is 16.0 Å². The number of aromatic nitrogens is 1. The number of hydrogen-bond acceptors (Lipinski definition) is 5. The number of nitrogens with one attached hydrogen (secondary N) is 1. The molecule has 1 amide bonds. The SMILES string of the molecule is O=C(O)N(c1ccncc1[N+](=O)[O-])C1CNCC(C(F)(F)F)C1. The van der Waals surface area contributed by atoms with Crippen LogP contribution in [0.3, 0.4) is 0 Å². The fourth-order valence-electron chi connectivity index (χ4n) is 2.54. The lowest BCUT2D eigenvalue weighted by Crippen LogP contribution is -2.54. The average Bonchev–Trinajstić information content (AvgIpc) is 2.47. The highest BCUT2D eigenvalue weighted by molar-refractivity contribution is 5.89. The summed E-state index contributed by atoms with van der Waals surface area (Å²) in [5.41, 5.74) is -0.879. The van der Waals surface area contributed by atoms with Crippen molar-refractivity contribution in [2.24, 2.45) is 5.92 Å². The van der Waals surface area contributed by atoms with Crippen molar-refractivity contribution in [2.75, 3.05) is 18.0 Å². The van der Waals surface area contributed by atoms with Gasteiger partial charge in [0.2, 0.25) is 0 Å². The number of hydrogen-bond donors (Lipinski definition) is 2. The zero-order chi connectivity index (χ0) is 17.2. The quantitative estimate of drug-likeness (QED) is 0.646. The number of piperidine rings is 1. The normalized spacial score (nSPS) is 21.7. The molecule has 1 aliphatic rings. The van der Waals surface area contributed by atoms with E-state index in [1.54, 1.807) is 0 Å². The van der Waals surface area contributed by atoms with Crippen LogP contribution in [0.15, 0.2) is 18.5 Å². The summed E-state index contributed by atoms with van der Waals surface area (Å²) in [5, 5.41) is 22.9. The van der Waals surface area contributed by atoms with Crippen LogP contribution in [0.4, 0.5) is 29.3 Å². The van der Waals surface area contributed by atoms with E-state index in [1.165, 1.54) is 0 Å². The van der Waals surface area contributed by atoms with Crippen molar-refractivity contribution in [1.82, 2.24) is 10.3 Å². The van der Waals surface area contributed by atoms with Gasteiger partial charge in [-0.05, 0) is 12.5 Å². The first-order valence-corrected chi connectivity index (χ1v) is 6.59. The molecule has 2 N–H and O–H groups in total. The van der Waals surface area contributed by atoms with Crippen molar-refractivity contribution in [3.63, 3.8) is 0 Å². The maximum atomic E-state index is 12.9. The Kier molecular flexibility index (Phi) is 4.68. The van der Waals surface area contributed by atoms with Crippen LogP contribution in [-0.2, 0) is 0 Å². The molecular weight excluding hydrogens is 321 g/mol. The van der Waals surface area contributed by atoms with Gasteiger partial charge in [0.25, 0.3) is 0 Å². The van der Waals surface area contributed by atoms with E-state index in [0.29, 0.717) is 4.90 Å². The molecule has 11 heteroatoms. The monoisotopic (exact) mass is 334 g/mol. The minimum Gasteiger partial charge on any atom is -0.465 e. The molecule has 2 rings (SSSR count). The molecule has 0 radical (unpaired) electrons. The Balaban J connectivity index is 2.36.